The molecule has 0 bridgehead atoms. The third-order valence-electron chi connectivity index (χ3n) is 7.17. The van der Waals surface area contributed by atoms with Gasteiger partial charge >= 0.3 is 0 Å². The number of unbranched alkanes of at least 4 members (excludes halogenated alkanes) is 13. The van der Waals surface area contributed by atoms with Crippen molar-refractivity contribution in [3.8, 4) is 0 Å². The van der Waals surface area contributed by atoms with Crippen LogP contribution in [-0.4, -0.2) is 56.6 Å². The van der Waals surface area contributed by atoms with E-state index in [1.807, 2.05) is 0 Å². The highest BCUT2D eigenvalue weighted by molar-refractivity contribution is 5.23. The zero-order valence-corrected chi connectivity index (χ0v) is 24.3. The van der Waals surface area contributed by atoms with Crippen LogP contribution in [0.5, 0.6) is 0 Å². The number of hydrogen-bond donors (Lipinski definition) is 0. The predicted octanol–water partition coefficient (Wildman–Crippen LogP) is 7.89. The molecule has 0 aliphatic carbocycles. The van der Waals surface area contributed by atoms with E-state index < -0.39 is 0 Å². The average Bonchev–Trinajstić information content (AvgIpc) is 3.31. The Bertz CT molecular complexity index is 696. The van der Waals surface area contributed by atoms with Gasteiger partial charge in [-0.15, -0.1) is 0 Å². The van der Waals surface area contributed by atoms with Crippen LogP contribution in [0.15, 0.2) is 36.7 Å². The van der Waals surface area contributed by atoms with E-state index in [2.05, 4.69) is 60.4 Å². The first-order chi connectivity index (χ1) is 18.2. The Balaban J connectivity index is 1.40. The fraction of sp³-hybridized carbons (Fsp3) is 0.750. The van der Waals surface area contributed by atoms with Gasteiger partial charge in [-0.2, -0.15) is 0 Å². The first kappa shape index (κ1) is 31.7. The molecule has 5 nitrogen and oxygen atoms in total. The van der Waals surface area contributed by atoms with Gasteiger partial charge < -0.3 is 24.0 Å². The molecule has 1 aliphatic rings. The third kappa shape index (κ3) is 16.1. The first-order valence-corrected chi connectivity index (χ1v) is 15.1. The second-order valence-corrected chi connectivity index (χ2v) is 10.8. The molecular formula is C32H56N2O3. The topological polar surface area (TPSA) is 34.2 Å². The summed E-state index contributed by atoms with van der Waals surface area (Å²) in [7, 11) is 3.84. The minimum absolute atomic E-state index is 0.0138. The van der Waals surface area contributed by atoms with Crippen molar-refractivity contribution >= 4 is 0 Å². The highest BCUT2D eigenvalue weighted by Gasteiger charge is 2.10. The molecule has 1 heterocycles. The van der Waals surface area contributed by atoms with Gasteiger partial charge in [0.2, 0.25) is 0 Å². The van der Waals surface area contributed by atoms with Gasteiger partial charge in [-0.25, -0.2) is 0 Å². The van der Waals surface area contributed by atoms with Crippen LogP contribution >= 0.6 is 0 Å². The highest BCUT2D eigenvalue weighted by atomic mass is 16.6. The summed E-state index contributed by atoms with van der Waals surface area (Å²) in [5.41, 5.74) is 2.51. The second-order valence-electron chi connectivity index (χ2n) is 10.8. The Morgan fingerprint density at radius 2 is 1.35 bits per heavy atom. The van der Waals surface area contributed by atoms with E-state index in [-0.39, 0.29) is 6.10 Å². The Kier molecular flexibility index (Phi) is 18.3. The third-order valence-corrected chi connectivity index (χ3v) is 7.17. The standard InChI is InChI=1S/C32H56N2O3/c1-4-5-6-7-8-9-10-11-12-13-14-15-16-17-23-36-27-32(35-3)28-37-26-31-20-18-19-30(24-31)25-34-22-21-33(2)29-34/h18-22,24,32H,4-17,23,25-29H2,1-3H3. The molecule has 0 N–H and O–H groups in total. The van der Waals surface area contributed by atoms with Crippen LogP contribution in [0.25, 0.3) is 0 Å². The molecule has 0 saturated heterocycles. The quantitative estimate of drug-likeness (QED) is 0.131. The summed E-state index contributed by atoms with van der Waals surface area (Å²) in [5.74, 6) is 0. The van der Waals surface area contributed by atoms with Gasteiger partial charge in [0, 0.05) is 39.7 Å². The summed E-state index contributed by atoms with van der Waals surface area (Å²) in [6.07, 6.45) is 23.6. The number of benzene rings is 1. The van der Waals surface area contributed by atoms with E-state index in [9.17, 15) is 0 Å². The maximum atomic E-state index is 5.95. The minimum Gasteiger partial charge on any atom is -0.379 e. The van der Waals surface area contributed by atoms with Crippen molar-refractivity contribution in [1.29, 1.82) is 0 Å². The zero-order chi connectivity index (χ0) is 26.4. The van der Waals surface area contributed by atoms with E-state index in [1.165, 1.54) is 94.6 Å². The fourth-order valence-corrected chi connectivity index (χ4v) is 4.85. The van der Waals surface area contributed by atoms with Crippen LogP contribution in [0.4, 0.5) is 0 Å². The molecule has 1 atom stereocenters. The molecular weight excluding hydrogens is 460 g/mol. The van der Waals surface area contributed by atoms with Crippen molar-refractivity contribution in [2.45, 2.75) is 116 Å². The van der Waals surface area contributed by atoms with Crippen LogP contribution in [0, 0.1) is 0 Å². The Morgan fingerprint density at radius 3 is 1.95 bits per heavy atom. The largest absolute Gasteiger partial charge is 0.379 e. The molecule has 0 amide bonds. The summed E-state index contributed by atoms with van der Waals surface area (Å²) >= 11 is 0. The molecule has 0 fully saturated rings. The summed E-state index contributed by atoms with van der Waals surface area (Å²) in [6, 6.07) is 8.66. The molecule has 1 aromatic rings. The second kappa shape index (κ2) is 21.4. The van der Waals surface area contributed by atoms with Crippen molar-refractivity contribution < 1.29 is 14.2 Å². The number of rotatable bonds is 24. The normalized spacial score (nSPS) is 14.1. The lowest BCUT2D eigenvalue weighted by molar-refractivity contribution is -0.0451. The first-order valence-electron chi connectivity index (χ1n) is 15.1. The van der Waals surface area contributed by atoms with Crippen LogP contribution < -0.4 is 0 Å². The van der Waals surface area contributed by atoms with Crippen LogP contribution in [0.3, 0.4) is 0 Å². The summed E-state index contributed by atoms with van der Waals surface area (Å²) in [5, 5.41) is 0. The predicted molar refractivity (Wildman–Crippen MR) is 155 cm³/mol. The van der Waals surface area contributed by atoms with Crippen molar-refractivity contribution in [2.24, 2.45) is 0 Å². The van der Waals surface area contributed by atoms with Gasteiger partial charge in [-0.3, -0.25) is 0 Å². The fourth-order valence-electron chi connectivity index (χ4n) is 4.85. The summed E-state index contributed by atoms with van der Waals surface area (Å²) < 4.78 is 17.4. The van der Waals surface area contributed by atoms with E-state index in [0.29, 0.717) is 19.8 Å². The van der Waals surface area contributed by atoms with E-state index in [0.717, 1.165) is 26.2 Å². The molecule has 1 aromatic carbocycles. The van der Waals surface area contributed by atoms with Gasteiger partial charge in [0.15, 0.2) is 0 Å². The summed E-state index contributed by atoms with van der Waals surface area (Å²) in [4.78, 5) is 4.48. The number of nitrogens with zero attached hydrogens (tertiary/aromatic N) is 2. The van der Waals surface area contributed by atoms with Gasteiger partial charge in [0.25, 0.3) is 0 Å². The molecule has 0 radical (unpaired) electrons. The van der Waals surface area contributed by atoms with Crippen molar-refractivity contribution in [3.05, 3.63) is 47.8 Å². The number of ether oxygens (including phenoxy) is 3. The monoisotopic (exact) mass is 516 g/mol. The Morgan fingerprint density at radius 1 is 0.757 bits per heavy atom. The average molecular weight is 517 g/mol. The smallest absolute Gasteiger partial charge is 0.104 e. The van der Waals surface area contributed by atoms with Gasteiger partial charge in [-0.05, 0) is 17.5 Å². The minimum atomic E-state index is -0.0138. The van der Waals surface area contributed by atoms with Crippen LogP contribution in [0.1, 0.15) is 108 Å². The maximum Gasteiger partial charge on any atom is 0.104 e. The Hall–Kier alpha value is -1.56. The molecule has 0 spiro atoms. The lowest BCUT2D eigenvalue weighted by Gasteiger charge is -2.19. The molecule has 37 heavy (non-hydrogen) atoms. The molecule has 1 unspecified atom stereocenters. The molecule has 212 valence electrons. The van der Waals surface area contributed by atoms with E-state index in [1.54, 1.807) is 7.11 Å². The SMILES string of the molecule is CCCCCCCCCCCCCCCCOCC(COCc1cccc(CN2C=CN(C)C2)c1)OC. The Labute approximate surface area is 228 Å². The van der Waals surface area contributed by atoms with Gasteiger partial charge in [-0.1, -0.05) is 115 Å². The number of methoxy groups -OCH3 is 1. The molecule has 0 aromatic heterocycles. The van der Waals surface area contributed by atoms with Crippen molar-refractivity contribution in [2.75, 3.05) is 40.6 Å². The lowest BCUT2D eigenvalue weighted by atomic mass is 10.0. The summed E-state index contributed by atoms with van der Waals surface area (Å²) in [6.45, 7) is 6.72. The molecule has 2 rings (SSSR count). The zero-order valence-electron chi connectivity index (χ0n) is 24.3. The van der Waals surface area contributed by atoms with E-state index >= 15 is 0 Å². The van der Waals surface area contributed by atoms with Crippen LogP contribution in [-0.2, 0) is 27.4 Å². The maximum absolute atomic E-state index is 5.95. The number of hydrogen-bond acceptors (Lipinski definition) is 5. The van der Waals surface area contributed by atoms with Crippen molar-refractivity contribution in [1.82, 2.24) is 9.80 Å². The highest BCUT2D eigenvalue weighted by Crippen LogP contribution is 2.14. The molecule has 0 saturated carbocycles. The van der Waals surface area contributed by atoms with Gasteiger partial charge in [0.05, 0.1) is 26.5 Å². The van der Waals surface area contributed by atoms with Crippen molar-refractivity contribution in [3.63, 3.8) is 0 Å². The van der Waals surface area contributed by atoms with Gasteiger partial charge in [0.1, 0.15) is 6.10 Å². The van der Waals surface area contributed by atoms with E-state index in [4.69, 9.17) is 14.2 Å². The lowest BCUT2D eigenvalue weighted by Crippen LogP contribution is -2.24. The molecule has 1 aliphatic heterocycles. The van der Waals surface area contributed by atoms with Crippen LogP contribution in [0.2, 0.25) is 0 Å². The molecule has 5 heteroatoms.